The number of carbonyl (C=O) groups excluding carboxylic acids is 1. The lowest BCUT2D eigenvalue weighted by Crippen LogP contribution is -2.39. The number of benzene rings is 1. The number of sulfonamides is 1. The molecule has 0 spiro atoms. The Bertz CT molecular complexity index is 585. The molecule has 1 amide bonds. The maximum absolute atomic E-state index is 12.8. The van der Waals surface area contributed by atoms with Crippen molar-refractivity contribution in [2.75, 3.05) is 19.3 Å². The molecule has 0 radical (unpaired) electrons. The maximum Gasteiger partial charge on any atom is 0.221 e. The van der Waals surface area contributed by atoms with Crippen LogP contribution in [0.5, 0.6) is 0 Å². The zero-order valence-electron chi connectivity index (χ0n) is 13.2. The highest BCUT2D eigenvalue weighted by Gasteiger charge is 2.20. The minimum atomic E-state index is -3.31. The Morgan fingerprint density at radius 3 is 2.36 bits per heavy atom. The number of nitrogens with zero attached hydrogens (tertiary/aromatic N) is 1. The lowest BCUT2D eigenvalue weighted by molar-refractivity contribution is -0.121. The summed E-state index contributed by atoms with van der Waals surface area (Å²) >= 11 is 0. The fourth-order valence-corrected chi connectivity index (χ4v) is 3.29. The minimum absolute atomic E-state index is 0.120. The van der Waals surface area contributed by atoms with Crippen LogP contribution in [-0.4, -0.2) is 44.0 Å². The molecule has 0 bridgehead atoms. The molecular weight excluding hydrogens is 307 g/mol. The second-order valence-electron chi connectivity index (χ2n) is 5.44. The Morgan fingerprint density at radius 2 is 1.86 bits per heavy atom. The lowest BCUT2D eigenvalue weighted by atomic mass is 10.1. The third kappa shape index (κ3) is 6.53. The van der Waals surface area contributed by atoms with Crippen LogP contribution < -0.4 is 5.32 Å². The van der Waals surface area contributed by atoms with Gasteiger partial charge in [-0.15, -0.1) is 0 Å². The van der Waals surface area contributed by atoms with Crippen LogP contribution in [0, 0.1) is 5.82 Å². The van der Waals surface area contributed by atoms with E-state index in [0.29, 0.717) is 13.0 Å². The minimum Gasteiger partial charge on any atom is -0.356 e. The summed E-state index contributed by atoms with van der Waals surface area (Å²) in [4.78, 5) is 11.7. The number of rotatable bonds is 8. The molecule has 0 saturated carbocycles. The van der Waals surface area contributed by atoms with Crippen molar-refractivity contribution in [2.24, 2.45) is 0 Å². The van der Waals surface area contributed by atoms with Gasteiger partial charge in [0.15, 0.2) is 0 Å². The molecule has 7 heteroatoms. The topological polar surface area (TPSA) is 66.5 Å². The summed E-state index contributed by atoms with van der Waals surface area (Å²) in [5.41, 5.74) is 0.932. The van der Waals surface area contributed by atoms with Crippen molar-refractivity contribution in [3.63, 3.8) is 0 Å². The molecule has 22 heavy (non-hydrogen) atoms. The Labute approximate surface area is 131 Å². The first-order valence-electron chi connectivity index (χ1n) is 7.18. The first-order valence-corrected chi connectivity index (χ1v) is 9.03. The van der Waals surface area contributed by atoms with Gasteiger partial charge in [0.05, 0.1) is 6.26 Å². The Balaban J connectivity index is 2.35. The molecular formula is C15H23FN2O3S. The van der Waals surface area contributed by atoms with E-state index in [2.05, 4.69) is 5.32 Å². The third-order valence-corrected chi connectivity index (χ3v) is 4.67. The highest BCUT2D eigenvalue weighted by Crippen LogP contribution is 2.06. The van der Waals surface area contributed by atoms with E-state index in [1.807, 2.05) is 0 Å². The number of nitrogens with one attached hydrogen (secondary N) is 1. The highest BCUT2D eigenvalue weighted by atomic mass is 32.2. The van der Waals surface area contributed by atoms with Gasteiger partial charge in [-0.3, -0.25) is 4.79 Å². The second-order valence-corrected chi connectivity index (χ2v) is 7.38. The molecule has 0 atom stereocenters. The van der Waals surface area contributed by atoms with Crippen molar-refractivity contribution in [3.8, 4) is 0 Å². The predicted molar refractivity (Wildman–Crippen MR) is 84.4 cm³/mol. The monoisotopic (exact) mass is 330 g/mol. The van der Waals surface area contributed by atoms with E-state index in [1.165, 1.54) is 16.4 Å². The first-order chi connectivity index (χ1) is 10.2. The molecule has 0 saturated heterocycles. The molecule has 5 nitrogen and oxygen atoms in total. The number of carbonyl (C=O) groups is 1. The largest absolute Gasteiger partial charge is 0.356 e. The van der Waals surface area contributed by atoms with Gasteiger partial charge < -0.3 is 5.32 Å². The van der Waals surface area contributed by atoms with Crippen LogP contribution in [0.2, 0.25) is 0 Å². The van der Waals surface area contributed by atoms with Crippen molar-refractivity contribution in [1.82, 2.24) is 9.62 Å². The zero-order valence-corrected chi connectivity index (χ0v) is 14.0. The van der Waals surface area contributed by atoms with E-state index in [9.17, 15) is 17.6 Å². The molecule has 0 unspecified atom stereocenters. The fourth-order valence-electron chi connectivity index (χ4n) is 2.10. The van der Waals surface area contributed by atoms with Crippen LogP contribution in [0.3, 0.4) is 0 Å². The van der Waals surface area contributed by atoms with Crippen molar-refractivity contribution in [1.29, 1.82) is 0 Å². The molecule has 0 aliphatic heterocycles. The van der Waals surface area contributed by atoms with E-state index >= 15 is 0 Å². The Morgan fingerprint density at radius 1 is 1.27 bits per heavy atom. The molecule has 0 fully saturated rings. The van der Waals surface area contributed by atoms with Gasteiger partial charge in [0.2, 0.25) is 15.9 Å². The maximum atomic E-state index is 12.8. The summed E-state index contributed by atoms with van der Waals surface area (Å²) in [7, 11) is -3.31. The fraction of sp³-hybridized carbons (Fsp3) is 0.533. The standard InChI is InChI=1S/C15H23FN2O3S/c1-12(2)18(22(3,20)21)11-9-15(19)17-10-8-13-4-6-14(16)7-5-13/h4-7,12H,8-11H2,1-3H3,(H,17,19). The number of hydrogen-bond donors (Lipinski definition) is 1. The Hall–Kier alpha value is -1.47. The van der Waals surface area contributed by atoms with Gasteiger partial charge in [0, 0.05) is 25.6 Å². The van der Waals surface area contributed by atoms with Gasteiger partial charge in [-0.25, -0.2) is 12.8 Å². The van der Waals surface area contributed by atoms with Crippen LogP contribution in [0.1, 0.15) is 25.8 Å². The van der Waals surface area contributed by atoms with E-state index in [0.717, 1.165) is 11.8 Å². The van der Waals surface area contributed by atoms with Crippen molar-refractivity contribution in [3.05, 3.63) is 35.6 Å². The first kappa shape index (κ1) is 18.6. The Kier molecular flexibility index (Phi) is 6.96. The van der Waals surface area contributed by atoms with Gasteiger partial charge in [-0.05, 0) is 38.0 Å². The molecule has 0 heterocycles. The van der Waals surface area contributed by atoms with Crippen molar-refractivity contribution < 1.29 is 17.6 Å². The molecule has 0 aliphatic rings. The molecule has 1 rings (SSSR count). The summed E-state index contributed by atoms with van der Waals surface area (Å²) in [6.45, 7) is 4.14. The average Bonchev–Trinajstić information content (AvgIpc) is 2.39. The van der Waals surface area contributed by atoms with Crippen LogP contribution >= 0.6 is 0 Å². The molecule has 1 aromatic carbocycles. The van der Waals surface area contributed by atoms with Crippen molar-refractivity contribution >= 4 is 15.9 Å². The summed E-state index contributed by atoms with van der Waals surface area (Å²) in [5.74, 6) is -0.487. The smallest absolute Gasteiger partial charge is 0.221 e. The summed E-state index contributed by atoms with van der Waals surface area (Å²) in [5, 5.41) is 2.74. The third-order valence-electron chi connectivity index (χ3n) is 3.21. The number of amides is 1. The van der Waals surface area contributed by atoms with Gasteiger partial charge in [0.25, 0.3) is 0 Å². The van der Waals surface area contributed by atoms with Crippen LogP contribution in [0.4, 0.5) is 4.39 Å². The van der Waals surface area contributed by atoms with Gasteiger partial charge in [-0.2, -0.15) is 4.31 Å². The van der Waals surface area contributed by atoms with Gasteiger partial charge in [0.1, 0.15) is 5.82 Å². The lowest BCUT2D eigenvalue weighted by Gasteiger charge is -2.23. The van der Waals surface area contributed by atoms with Crippen LogP contribution in [-0.2, 0) is 21.2 Å². The highest BCUT2D eigenvalue weighted by molar-refractivity contribution is 7.88. The molecule has 1 N–H and O–H groups in total. The van der Waals surface area contributed by atoms with E-state index in [-0.39, 0.29) is 30.7 Å². The van der Waals surface area contributed by atoms with E-state index in [1.54, 1.807) is 26.0 Å². The zero-order chi connectivity index (χ0) is 16.8. The molecule has 0 aromatic heterocycles. The quantitative estimate of drug-likeness (QED) is 0.786. The summed E-state index contributed by atoms with van der Waals surface area (Å²) in [6, 6.07) is 5.92. The van der Waals surface area contributed by atoms with Gasteiger partial charge >= 0.3 is 0 Å². The second kappa shape index (κ2) is 8.24. The molecule has 124 valence electrons. The van der Waals surface area contributed by atoms with E-state index < -0.39 is 10.0 Å². The van der Waals surface area contributed by atoms with Crippen LogP contribution in [0.25, 0.3) is 0 Å². The summed E-state index contributed by atoms with van der Waals surface area (Å²) < 4.78 is 37.2. The molecule has 0 aliphatic carbocycles. The number of hydrogen-bond acceptors (Lipinski definition) is 3. The number of halogens is 1. The van der Waals surface area contributed by atoms with Gasteiger partial charge in [-0.1, -0.05) is 12.1 Å². The van der Waals surface area contributed by atoms with E-state index in [4.69, 9.17) is 0 Å². The predicted octanol–water partition coefficient (Wildman–Crippen LogP) is 1.54. The molecule has 1 aromatic rings. The summed E-state index contributed by atoms with van der Waals surface area (Å²) in [6.07, 6.45) is 1.86. The average molecular weight is 330 g/mol. The normalized spacial score (nSPS) is 11.9. The van der Waals surface area contributed by atoms with Crippen molar-refractivity contribution in [2.45, 2.75) is 32.7 Å². The van der Waals surface area contributed by atoms with Crippen LogP contribution in [0.15, 0.2) is 24.3 Å². The SMILES string of the molecule is CC(C)N(CCC(=O)NCCc1ccc(F)cc1)S(C)(=O)=O.